The summed E-state index contributed by atoms with van der Waals surface area (Å²) in [5.41, 5.74) is 3.89. The number of ketones is 2. The lowest BCUT2D eigenvalue weighted by molar-refractivity contribution is -0.140. The van der Waals surface area contributed by atoms with Gasteiger partial charge in [0, 0.05) is 29.0 Å². The standard InChI is InChI=1S/C27H33NO4/c1-4-7-25(29)24(27(31)28-32)18-19(3)26(30)23-16-14-22(15-17-23)13-12-21-9-6-8-20(5-2)10-11-21/h9-11,14-17,19-20,24,32H,4-8,18H2,1-3H3,(H,28,31)/t19-,20?,24?/m1/s1. The van der Waals surface area contributed by atoms with E-state index in [2.05, 4.69) is 37.0 Å². The van der Waals surface area contributed by atoms with Gasteiger partial charge in [-0.25, -0.2) is 5.48 Å². The average Bonchev–Trinajstić information content (AvgIpc) is 3.05. The van der Waals surface area contributed by atoms with Crippen molar-refractivity contribution in [3.05, 3.63) is 59.2 Å². The smallest absolute Gasteiger partial charge is 0.253 e. The molecule has 1 aliphatic carbocycles. The van der Waals surface area contributed by atoms with Gasteiger partial charge in [0.05, 0.1) is 5.92 Å². The van der Waals surface area contributed by atoms with E-state index in [1.165, 1.54) is 0 Å². The SMILES string of the molecule is CCCC(=O)C(C[C@@H](C)C(=O)c1ccc(C#CC2=CCCC(CC)C=C2)cc1)C(=O)NO. The van der Waals surface area contributed by atoms with Gasteiger partial charge in [0.15, 0.2) is 5.78 Å². The number of nitrogens with one attached hydrogen (secondary N) is 1. The Hall–Kier alpha value is -2.97. The number of rotatable bonds is 9. The van der Waals surface area contributed by atoms with Gasteiger partial charge >= 0.3 is 0 Å². The lowest BCUT2D eigenvalue weighted by atomic mass is 9.86. The maximum atomic E-state index is 12.8. The molecule has 1 aromatic rings. The maximum Gasteiger partial charge on any atom is 0.253 e. The molecular weight excluding hydrogens is 402 g/mol. The lowest BCUT2D eigenvalue weighted by Crippen LogP contribution is -2.35. The van der Waals surface area contributed by atoms with Crippen LogP contribution in [0.25, 0.3) is 0 Å². The Morgan fingerprint density at radius 1 is 1.16 bits per heavy atom. The zero-order chi connectivity index (χ0) is 23.5. The Labute approximate surface area is 190 Å². The number of benzene rings is 1. The van der Waals surface area contributed by atoms with E-state index in [9.17, 15) is 14.4 Å². The van der Waals surface area contributed by atoms with Crippen molar-refractivity contribution in [2.45, 2.75) is 59.3 Å². The van der Waals surface area contributed by atoms with Crippen LogP contribution >= 0.6 is 0 Å². The second kappa shape index (κ2) is 12.8. The number of hydrogen-bond acceptors (Lipinski definition) is 4. The number of carbonyl (C=O) groups excluding carboxylic acids is 3. The fourth-order valence-corrected chi connectivity index (χ4v) is 3.78. The molecule has 0 saturated heterocycles. The molecule has 2 unspecified atom stereocenters. The predicted octanol–water partition coefficient (Wildman–Crippen LogP) is 5.04. The van der Waals surface area contributed by atoms with Crippen molar-refractivity contribution in [2.24, 2.45) is 17.8 Å². The predicted molar refractivity (Wildman–Crippen MR) is 125 cm³/mol. The van der Waals surface area contributed by atoms with Crippen molar-refractivity contribution in [1.82, 2.24) is 5.48 Å². The zero-order valence-corrected chi connectivity index (χ0v) is 19.2. The normalized spacial score (nSPS) is 17.2. The Morgan fingerprint density at radius 3 is 2.50 bits per heavy atom. The first-order chi connectivity index (χ1) is 15.4. The molecule has 0 bridgehead atoms. The summed E-state index contributed by atoms with van der Waals surface area (Å²) < 4.78 is 0. The van der Waals surface area contributed by atoms with E-state index < -0.39 is 17.7 Å². The van der Waals surface area contributed by atoms with Crippen molar-refractivity contribution in [1.29, 1.82) is 0 Å². The van der Waals surface area contributed by atoms with Crippen molar-refractivity contribution < 1.29 is 19.6 Å². The van der Waals surface area contributed by atoms with Gasteiger partial charge in [-0.15, -0.1) is 0 Å². The van der Waals surface area contributed by atoms with E-state index >= 15 is 0 Å². The minimum Gasteiger partial charge on any atom is -0.299 e. The van der Waals surface area contributed by atoms with Gasteiger partial charge in [-0.05, 0) is 50.2 Å². The molecule has 5 heteroatoms. The van der Waals surface area contributed by atoms with E-state index in [0.29, 0.717) is 17.9 Å². The minimum atomic E-state index is -1.03. The molecule has 1 aliphatic rings. The third kappa shape index (κ3) is 7.32. The molecule has 0 fully saturated rings. The van der Waals surface area contributed by atoms with Crippen LogP contribution in [0.4, 0.5) is 0 Å². The molecule has 0 saturated carbocycles. The molecule has 32 heavy (non-hydrogen) atoms. The summed E-state index contributed by atoms with van der Waals surface area (Å²) >= 11 is 0. The fraction of sp³-hybridized carbons (Fsp3) is 0.444. The Balaban J connectivity index is 2.05. The van der Waals surface area contributed by atoms with Crippen LogP contribution in [0.5, 0.6) is 0 Å². The molecule has 1 amide bonds. The first kappa shape index (κ1) is 25.3. The monoisotopic (exact) mass is 435 g/mol. The summed E-state index contributed by atoms with van der Waals surface area (Å²) in [6.45, 7) is 5.73. The van der Waals surface area contributed by atoms with Crippen molar-refractivity contribution >= 4 is 17.5 Å². The number of hydrogen-bond donors (Lipinski definition) is 2. The van der Waals surface area contributed by atoms with Gasteiger partial charge in [0.2, 0.25) is 0 Å². The topological polar surface area (TPSA) is 83.5 Å². The van der Waals surface area contributed by atoms with Crippen LogP contribution in [0.1, 0.15) is 75.2 Å². The first-order valence-electron chi connectivity index (χ1n) is 11.4. The van der Waals surface area contributed by atoms with Crippen LogP contribution in [-0.4, -0.2) is 22.7 Å². The van der Waals surface area contributed by atoms with Gasteiger partial charge in [-0.2, -0.15) is 0 Å². The molecular formula is C27H33NO4. The summed E-state index contributed by atoms with van der Waals surface area (Å²) in [7, 11) is 0. The van der Waals surface area contributed by atoms with E-state index in [-0.39, 0.29) is 24.4 Å². The van der Waals surface area contributed by atoms with Crippen LogP contribution in [0.15, 0.2) is 48.1 Å². The number of Topliss-reactive ketones (excluding diaryl/α,β-unsaturated/α-hetero) is 2. The van der Waals surface area contributed by atoms with Crippen LogP contribution in [0, 0.1) is 29.6 Å². The van der Waals surface area contributed by atoms with Gasteiger partial charge in [-0.3, -0.25) is 19.6 Å². The van der Waals surface area contributed by atoms with Crippen LogP contribution in [0.2, 0.25) is 0 Å². The molecule has 2 rings (SSSR count). The Morgan fingerprint density at radius 2 is 1.88 bits per heavy atom. The average molecular weight is 436 g/mol. The molecule has 5 nitrogen and oxygen atoms in total. The zero-order valence-electron chi connectivity index (χ0n) is 19.2. The number of amides is 1. The summed E-state index contributed by atoms with van der Waals surface area (Å²) in [6, 6.07) is 7.07. The molecule has 0 radical (unpaired) electrons. The van der Waals surface area contributed by atoms with Gasteiger partial charge in [0.1, 0.15) is 5.78 Å². The molecule has 0 spiro atoms. The first-order valence-corrected chi connectivity index (χ1v) is 11.4. The van der Waals surface area contributed by atoms with E-state index in [1.54, 1.807) is 24.5 Å². The Kier molecular flexibility index (Phi) is 10.1. The summed E-state index contributed by atoms with van der Waals surface area (Å²) in [6.07, 6.45) is 10.7. The summed E-state index contributed by atoms with van der Waals surface area (Å²) in [4.78, 5) is 37.0. The highest BCUT2D eigenvalue weighted by atomic mass is 16.5. The van der Waals surface area contributed by atoms with Gasteiger partial charge in [0.25, 0.3) is 5.91 Å². The number of hydroxylamine groups is 1. The van der Waals surface area contributed by atoms with Crippen LogP contribution in [-0.2, 0) is 9.59 Å². The van der Waals surface area contributed by atoms with Crippen LogP contribution < -0.4 is 5.48 Å². The highest BCUT2D eigenvalue weighted by Crippen LogP contribution is 2.21. The molecule has 170 valence electrons. The summed E-state index contributed by atoms with van der Waals surface area (Å²) in [5.74, 6) is 4.21. The third-order valence-electron chi connectivity index (χ3n) is 5.84. The van der Waals surface area contributed by atoms with Gasteiger partial charge in [-0.1, -0.05) is 63.0 Å². The molecule has 0 aliphatic heterocycles. The second-order valence-electron chi connectivity index (χ2n) is 8.34. The summed E-state index contributed by atoms with van der Waals surface area (Å²) in [5, 5.41) is 8.95. The quantitative estimate of drug-likeness (QED) is 0.187. The van der Waals surface area contributed by atoms with Crippen molar-refractivity contribution in [3.8, 4) is 11.8 Å². The number of allylic oxidation sites excluding steroid dienone is 4. The highest BCUT2D eigenvalue weighted by molar-refractivity contribution is 6.03. The minimum absolute atomic E-state index is 0.0604. The molecule has 3 atom stereocenters. The van der Waals surface area contributed by atoms with E-state index in [1.807, 2.05) is 19.1 Å². The van der Waals surface area contributed by atoms with E-state index in [0.717, 1.165) is 30.4 Å². The maximum absolute atomic E-state index is 12.8. The molecule has 2 N–H and O–H groups in total. The third-order valence-corrected chi connectivity index (χ3v) is 5.84. The van der Waals surface area contributed by atoms with Crippen LogP contribution in [0.3, 0.4) is 0 Å². The van der Waals surface area contributed by atoms with Crippen molar-refractivity contribution in [3.63, 3.8) is 0 Å². The Bertz CT molecular complexity index is 931. The lowest BCUT2D eigenvalue weighted by Gasteiger charge is -2.17. The second-order valence-corrected chi connectivity index (χ2v) is 8.34. The number of carbonyl (C=O) groups is 3. The highest BCUT2D eigenvalue weighted by Gasteiger charge is 2.30. The molecule has 1 aromatic carbocycles. The largest absolute Gasteiger partial charge is 0.299 e. The molecule has 0 aromatic heterocycles. The van der Waals surface area contributed by atoms with E-state index in [4.69, 9.17) is 5.21 Å². The molecule has 0 heterocycles. The van der Waals surface area contributed by atoms with Gasteiger partial charge < -0.3 is 0 Å². The van der Waals surface area contributed by atoms with Crippen molar-refractivity contribution in [2.75, 3.05) is 0 Å². The fourth-order valence-electron chi connectivity index (χ4n) is 3.78.